The summed E-state index contributed by atoms with van der Waals surface area (Å²) in [6, 6.07) is 13.5. The first-order valence-corrected chi connectivity index (χ1v) is 8.27. The second-order valence-corrected chi connectivity index (χ2v) is 6.44. The Kier molecular flexibility index (Phi) is 5.66. The molecule has 1 heterocycles. The van der Waals surface area contributed by atoms with Gasteiger partial charge in [0.2, 0.25) is 0 Å². The van der Waals surface area contributed by atoms with E-state index in [1.165, 1.54) is 14.0 Å². The van der Waals surface area contributed by atoms with Crippen LogP contribution in [0.3, 0.4) is 0 Å². The summed E-state index contributed by atoms with van der Waals surface area (Å²) in [5.41, 5.74) is 1.43. The molecule has 1 atom stereocenters. The molecule has 1 nitrogen and oxygen atoms in total. The highest BCUT2D eigenvalue weighted by molar-refractivity contribution is 14.1. The number of nitrogens with one attached hydrogen (secondary N) is 1. The molecule has 0 bridgehead atoms. The second kappa shape index (κ2) is 7.26. The second-order valence-electron chi connectivity index (χ2n) is 4.25. The molecule has 0 spiro atoms. The van der Waals surface area contributed by atoms with Crippen molar-refractivity contribution in [2.75, 3.05) is 6.54 Å². The first kappa shape index (κ1) is 14.0. The summed E-state index contributed by atoms with van der Waals surface area (Å²) < 4.78 is 1.35. The molecule has 0 aliphatic heterocycles. The van der Waals surface area contributed by atoms with Gasteiger partial charge in [-0.2, -0.15) is 0 Å². The van der Waals surface area contributed by atoms with Gasteiger partial charge in [-0.05, 0) is 65.1 Å². The lowest BCUT2D eigenvalue weighted by Crippen LogP contribution is -2.22. The average Bonchev–Trinajstić information content (AvgIpc) is 2.88. The summed E-state index contributed by atoms with van der Waals surface area (Å²) >= 11 is 4.28. The van der Waals surface area contributed by atoms with Crippen LogP contribution in [0.25, 0.3) is 0 Å². The highest BCUT2D eigenvalue weighted by Gasteiger charge is 2.13. The van der Waals surface area contributed by atoms with Gasteiger partial charge in [0.15, 0.2) is 0 Å². The van der Waals surface area contributed by atoms with Crippen molar-refractivity contribution < 1.29 is 0 Å². The summed E-state index contributed by atoms with van der Waals surface area (Å²) in [7, 11) is 0. The van der Waals surface area contributed by atoms with Crippen LogP contribution in [0.4, 0.5) is 0 Å². The van der Waals surface area contributed by atoms with Crippen molar-refractivity contribution in [3.8, 4) is 0 Å². The topological polar surface area (TPSA) is 12.0 Å². The lowest BCUT2D eigenvalue weighted by atomic mass is 10.0. The average molecular weight is 371 g/mol. The summed E-state index contributed by atoms with van der Waals surface area (Å²) in [5, 5.41) is 5.76. The molecule has 0 saturated carbocycles. The van der Waals surface area contributed by atoms with Gasteiger partial charge >= 0.3 is 0 Å². The molecule has 1 aromatic carbocycles. The summed E-state index contributed by atoms with van der Waals surface area (Å²) in [4.78, 5) is 1.48. The van der Waals surface area contributed by atoms with Crippen LogP contribution in [-0.2, 0) is 6.42 Å². The molecule has 0 saturated heterocycles. The number of thiophene rings is 1. The molecule has 3 heteroatoms. The van der Waals surface area contributed by atoms with Gasteiger partial charge in [0, 0.05) is 14.5 Å². The minimum absolute atomic E-state index is 0.463. The third-order valence-electron chi connectivity index (χ3n) is 2.99. The molecule has 0 radical (unpaired) electrons. The van der Waals surface area contributed by atoms with Gasteiger partial charge in [-0.25, -0.2) is 0 Å². The Balaban J connectivity index is 2.06. The zero-order valence-electron chi connectivity index (χ0n) is 10.5. The number of aryl methyl sites for hydroxylation is 1. The van der Waals surface area contributed by atoms with Crippen LogP contribution < -0.4 is 5.32 Å². The van der Waals surface area contributed by atoms with Crippen molar-refractivity contribution in [2.45, 2.75) is 25.8 Å². The molecule has 1 unspecified atom stereocenters. The maximum absolute atomic E-state index is 3.60. The van der Waals surface area contributed by atoms with E-state index in [9.17, 15) is 0 Å². The van der Waals surface area contributed by atoms with Crippen LogP contribution in [0, 0.1) is 3.57 Å². The highest BCUT2D eigenvalue weighted by atomic mass is 127. The van der Waals surface area contributed by atoms with Gasteiger partial charge in [-0.1, -0.05) is 31.2 Å². The Morgan fingerprint density at radius 2 is 2.06 bits per heavy atom. The van der Waals surface area contributed by atoms with E-state index in [0.717, 1.165) is 19.4 Å². The van der Waals surface area contributed by atoms with E-state index in [4.69, 9.17) is 0 Å². The van der Waals surface area contributed by atoms with Crippen LogP contribution in [0.2, 0.25) is 0 Å². The fourth-order valence-corrected chi connectivity index (χ4v) is 3.60. The van der Waals surface area contributed by atoms with Crippen molar-refractivity contribution in [2.24, 2.45) is 0 Å². The van der Waals surface area contributed by atoms with Crippen molar-refractivity contribution in [3.05, 3.63) is 55.8 Å². The summed E-state index contributed by atoms with van der Waals surface area (Å²) in [6.45, 7) is 3.19. The number of benzene rings is 1. The number of hydrogen-bond acceptors (Lipinski definition) is 2. The molecule has 0 fully saturated rings. The zero-order chi connectivity index (χ0) is 12.8. The van der Waals surface area contributed by atoms with Crippen molar-refractivity contribution in [3.63, 3.8) is 0 Å². The Bertz CT molecular complexity index is 467. The van der Waals surface area contributed by atoms with E-state index in [1.54, 1.807) is 0 Å². The molecule has 2 rings (SSSR count). The SMILES string of the molecule is CCNC(CCc1cccs1)c1ccccc1I. The van der Waals surface area contributed by atoms with Gasteiger partial charge < -0.3 is 5.32 Å². The van der Waals surface area contributed by atoms with E-state index in [-0.39, 0.29) is 0 Å². The fraction of sp³-hybridized carbons (Fsp3) is 0.333. The maximum atomic E-state index is 3.60. The fourth-order valence-electron chi connectivity index (χ4n) is 2.11. The van der Waals surface area contributed by atoms with Crippen molar-refractivity contribution >= 4 is 33.9 Å². The van der Waals surface area contributed by atoms with Gasteiger partial charge in [0.25, 0.3) is 0 Å². The Labute approximate surface area is 127 Å². The number of halogens is 1. The summed E-state index contributed by atoms with van der Waals surface area (Å²) in [5.74, 6) is 0. The Hall–Kier alpha value is -0.390. The van der Waals surface area contributed by atoms with Gasteiger partial charge in [0.1, 0.15) is 0 Å². The molecule has 2 aromatic rings. The van der Waals surface area contributed by atoms with Crippen molar-refractivity contribution in [1.82, 2.24) is 5.32 Å². The first-order chi connectivity index (χ1) is 8.81. The standard InChI is InChI=1S/C15H18INS/c1-2-17-15(10-9-12-6-5-11-18-12)13-7-3-4-8-14(13)16/h3-8,11,15,17H,2,9-10H2,1H3. The quantitative estimate of drug-likeness (QED) is 0.730. The van der Waals surface area contributed by atoms with Crippen LogP contribution in [0.1, 0.15) is 29.8 Å². The molecule has 1 N–H and O–H groups in total. The smallest absolute Gasteiger partial charge is 0.0334 e. The monoisotopic (exact) mass is 371 g/mol. The normalized spacial score (nSPS) is 12.6. The van der Waals surface area contributed by atoms with Crippen molar-refractivity contribution in [1.29, 1.82) is 0 Å². The highest BCUT2D eigenvalue weighted by Crippen LogP contribution is 2.25. The van der Waals surface area contributed by atoms with Gasteiger partial charge in [-0.3, -0.25) is 0 Å². The minimum Gasteiger partial charge on any atom is -0.310 e. The molecule has 1 aromatic heterocycles. The van der Waals surface area contributed by atoms with E-state index >= 15 is 0 Å². The number of rotatable bonds is 6. The predicted octanol–water partition coefficient (Wildman–Crippen LogP) is 4.64. The lowest BCUT2D eigenvalue weighted by molar-refractivity contribution is 0.515. The van der Waals surface area contributed by atoms with Crippen LogP contribution in [0.5, 0.6) is 0 Å². The van der Waals surface area contributed by atoms with E-state index in [2.05, 4.69) is 76.6 Å². The lowest BCUT2D eigenvalue weighted by Gasteiger charge is -2.19. The minimum atomic E-state index is 0.463. The van der Waals surface area contributed by atoms with E-state index in [1.807, 2.05) is 11.3 Å². The third-order valence-corrected chi connectivity index (χ3v) is 4.91. The maximum Gasteiger partial charge on any atom is 0.0334 e. The van der Waals surface area contributed by atoms with E-state index < -0.39 is 0 Å². The van der Waals surface area contributed by atoms with Crippen LogP contribution in [-0.4, -0.2) is 6.54 Å². The Morgan fingerprint density at radius 3 is 2.72 bits per heavy atom. The molecular weight excluding hydrogens is 353 g/mol. The van der Waals surface area contributed by atoms with E-state index in [0.29, 0.717) is 6.04 Å². The zero-order valence-corrected chi connectivity index (χ0v) is 13.5. The molecule has 0 aliphatic carbocycles. The largest absolute Gasteiger partial charge is 0.310 e. The Morgan fingerprint density at radius 1 is 1.22 bits per heavy atom. The molecule has 96 valence electrons. The molecular formula is C15H18INS. The summed E-state index contributed by atoms with van der Waals surface area (Å²) in [6.07, 6.45) is 2.31. The van der Waals surface area contributed by atoms with Crippen LogP contribution >= 0.6 is 33.9 Å². The first-order valence-electron chi connectivity index (χ1n) is 6.31. The molecule has 0 aliphatic rings. The van der Waals surface area contributed by atoms with Gasteiger partial charge in [0.05, 0.1) is 0 Å². The van der Waals surface area contributed by atoms with Gasteiger partial charge in [-0.15, -0.1) is 11.3 Å². The number of hydrogen-bond donors (Lipinski definition) is 1. The molecule has 18 heavy (non-hydrogen) atoms. The molecule has 0 amide bonds. The predicted molar refractivity (Wildman–Crippen MR) is 88.2 cm³/mol. The van der Waals surface area contributed by atoms with Crippen LogP contribution in [0.15, 0.2) is 41.8 Å². The third kappa shape index (κ3) is 3.80.